The van der Waals surface area contributed by atoms with Gasteiger partial charge in [0.1, 0.15) is 28.8 Å². The summed E-state index contributed by atoms with van der Waals surface area (Å²) in [6.07, 6.45) is 1.27. The van der Waals surface area contributed by atoms with Crippen molar-refractivity contribution in [1.82, 2.24) is 9.62 Å². The van der Waals surface area contributed by atoms with Gasteiger partial charge in [0.15, 0.2) is 0 Å². The second-order valence-electron chi connectivity index (χ2n) is 8.74. The quantitative estimate of drug-likeness (QED) is 0.330. The third-order valence-electron chi connectivity index (χ3n) is 5.48. The molecule has 2 aromatic carbocycles. The largest absolute Gasteiger partial charge is 0.508 e. The highest BCUT2D eigenvalue weighted by Gasteiger charge is 2.27. The molecule has 1 amide bonds. The molecule has 0 radical (unpaired) electrons. The first kappa shape index (κ1) is 24.7. The number of amides is 1. The first-order chi connectivity index (χ1) is 15.6. The van der Waals surface area contributed by atoms with E-state index in [1.807, 2.05) is 32.0 Å². The molecule has 0 saturated carbocycles. The number of hydrogen-bond acceptors (Lipinski definition) is 7. The molecule has 1 aliphatic rings. The lowest BCUT2D eigenvalue weighted by molar-refractivity contribution is -0.124. The van der Waals surface area contributed by atoms with Crippen molar-refractivity contribution in [2.24, 2.45) is 5.73 Å². The lowest BCUT2D eigenvalue weighted by atomic mass is 9.99. The number of rotatable bonds is 10. The first-order valence-corrected chi connectivity index (χ1v) is 11.8. The third-order valence-corrected chi connectivity index (χ3v) is 6.93. The number of phenolic OH excluding ortho intramolecular Hbond substituents is 2. The molecule has 0 aliphatic carbocycles. The van der Waals surface area contributed by atoms with Crippen molar-refractivity contribution in [1.29, 1.82) is 0 Å². The second-order valence-corrected chi connectivity index (χ2v) is 10.2. The van der Waals surface area contributed by atoms with E-state index in [1.165, 1.54) is 18.2 Å². The van der Waals surface area contributed by atoms with Gasteiger partial charge in [-0.1, -0.05) is 6.07 Å². The molecule has 2 atom stereocenters. The van der Waals surface area contributed by atoms with Crippen molar-refractivity contribution in [2.75, 3.05) is 11.9 Å². The predicted octanol–water partition coefficient (Wildman–Crippen LogP) is 1.75. The maximum Gasteiger partial charge on any atom is 0.237 e. The zero-order valence-corrected chi connectivity index (χ0v) is 19.5. The number of benzene rings is 2. The van der Waals surface area contributed by atoms with Crippen molar-refractivity contribution >= 4 is 28.9 Å². The molecule has 0 bridgehead atoms. The zero-order valence-electron chi connectivity index (χ0n) is 18.7. The molecule has 33 heavy (non-hydrogen) atoms. The Labute approximate surface area is 195 Å². The van der Waals surface area contributed by atoms with Gasteiger partial charge in [0, 0.05) is 43.3 Å². The summed E-state index contributed by atoms with van der Waals surface area (Å²) in [6.45, 7) is 5.40. The smallest absolute Gasteiger partial charge is 0.237 e. The van der Waals surface area contributed by atoms with Crippen LogP contribution in [0.1, 0.15) is 37.8 Å². The number of aromatic hydroxyl groups is 2. The Morgan fingerprint density at radius 1 is 1.21 bits per heavy atom. The van der Waals surface area contributed by atoms with E-state index in [-0.39, 0.29) is 34.3 Å². The van der Waals surface area contributed by atoms with Gasteiger partial charge in [0.25, 0.3) is 0 Å². The number of phenols is 2. The molecule has 178 valence electrons. The lowest BCUT2D eigenvalue weighted by Crippen LogP contribution is -2.43. The van der Waals surface area contributed by atoms with Crippen LogP contribution in [0, 0.1) is 0 Å². The minimum Gasteiger partial charge on any atom is -0.508 e. The van der Waals surface area contributed by atoms with Crippen molar-refractivity contribution in [3.8, 4) is 11.5 Å². The zero-order chi connectivity index (χ0) is 24.2. The number of nitrogens with zero attached hydrogens (tertiary/aromatic N) is 1. The Balaban J connectivity index is 1.58. The molecule has 0 saturated heterocycles. The highest BCUT2D eigenvalue weighted by Crippen LogP contribution is 2.33. The average Bonchev–Trinajstić information content (AvgIpc) is 3.16. The average molecular weight is 475 g/mol. The molecule has 0 fully saturated rings. The summed E-state index contributed by atoms with van der Waals surface area (Å²) < 4.78 is 14.7. The van der Waals surface area contributed by atoms with E-state index in [1.54, 1.807) is 4.31 Å². The monoisotopic (exact) mass is 474 g/mol. The van der Waals surface area contributed by atoms with Gasteiger partial charge in [-0.2, -0.15) is 0 Å². The summed E-state index contributed by atoms with van der Waals surface area (Å²) in [7, 11) is -1.57. The van der Waals surface area contributed by atoms with E-state index in [0.29, 0.717) is 32.3 Å². The van der Waals surface area contributed by atoms with Crippen molar-refractivity contribution in [2.45, 2.75) is 56.3 Å². The van der Waals surface area contributed by atoms with Crippen LogP contribution < -0.4 is 16.4 Å². The number of hydrogen-bond donors (Lipinski definition) is 5. The van der Waals surface area contributed by atoms with E-state index in [0.717, 1.165) is 16.8 Å². The van der Waals surface area contributed by atoms with Gasteiger partial charge in [-0.15, -0.1) is 0 Å². The summed E-state index contributed by atoms with van der Waals surface area (Å²) in [6, 6.07) is 9.18. The van der Waals surface area contributed by atoms with Gasteiger partial charge in [0.2, 0.25) is 5.91 Å². The molecule has 3 rings (SSSR count). The molecular formula is C23H30N4O5S. The molecule has 10 heteroatoms. The third kappa shape index (κ3) is 6.31. The maximum absolute atomic E-state index is 12.9. The normalized spacial score (nSPS) is 15.5. The van der Waals surface area contributed by atoms with Gasteiger partial charge in [-0.3, -0.25) is 4.79 Å². The van der Waals surface area contributed by atoms with Crippen LogP contribution in [0.25, 0.3) is 0 Å². The van der Waals surface area contributed by atoms with E-state index in [4.69, 9.17) is 5.73 Å². The van der Waals surface area contributed by atoms with E-state index < -0.39 is 17.0 Å². The minimum absolute atomic E-state index is 0.00320. The van der Waals surface area contributed by atoms with Crippen molar-refractivity contribution < 1.29 is 24.0 Å². The molecule has 2 unspecified atom stereocenters. The number of carbonyl (C=O) groups is 2. The first-order valence-electron chi connectivity index (χ1n) is 10.7. The van der Waals surface area contributed by atoms with Gasteiger partial charge in [-0.05, 0) is 55.7 Å². The highest BCUT2D eigenvalue weighted by molar-refractivity contribution is 7.82. The molecule has 1 heterocycles. The summed E-state index contributed by atoms with van der Waals surface area (Å²) in [5.41, 5.74) is 8.30. The van der Waals surface area contributed by atoms with Crippen LogP contribution in [-0.2, 0) is 33.7 Å². The van der Waals surface area contributed by atoms with Crippen molar-refractivity contribution in [3.63, 3.8) is 0 Å². The van der Waals surface area contributed by atoms with E-state index >= 15 is 0 Å². The number of nitrogens with two attached hydrogens (primary N) is 1. The summed E-state index contributed by atoms with van der Waals surface area (Å²) in [5.74, 6) is -0.629. The van der Waals surface area contributed by atoms with Crippen LogP contribution in [0.3, 0.4) is 0 Å². The molecule has 1 aliphatic heterocycles. The van der Waals surface area contributed by atoms with Crippen molar-refractivity contribution in [3.05, 3.63) is 47.5 Å². The Kier molecular flexibility index (Phi) is 7.72. The Hall–Kier alpha value is -2.95. The summed E-state index contributed by atoms with van der Waals surface area (Å²) in [5, 5.41) is 25.7. The summed E-state index contributed by atoms with van der Waals surface area (Å²) in [4.78, 5) is 22.6. The molecule has 2 aromatic rings. The van der Waals surface area contributed by atoms with Crippen LogP contribution in [0.2, 0.25) is 0 Å². The van der Waals surface area contributed by atoms with E-state index in [9.17, 15) is 24.0 Å². The van der Waals surface area contributed by atoms with Gasteiger partial charge < -0.3 is 31.4 Å². The number of nitrogens with one attached hydrogen (secondary N) is 2. The Bertz CT molecular complexity index is 1060. The summed E-state index contributed by atoms with van der Waals surface area (Å²) >= 11 is 0. The van der Waals surface area contributed by atoms with Gasteiger partial charge >= 0.3 is 0 Å². The predicted molar refractivity (Wildman–Crippen MR) is 126 cm³/mol. The van der Waals surface area contributed by atoms with Crippen LogP contribution in [0.4, 0.5) is 5.69 Å². The lowest BCUT2D eigenvalue weighted by Gasteiger charge is -2.28. The number of anilines is 1. The van der Waals surface area contributed by atoms with Crippen LogP contribution in [-0.4, -0.2) is 49.0 Å². The molecule has 0 aromatic heterocycles. The molecule has 0 spiro atoms. The fraction of sp³-hybridized carbons (Fsp3) is 0.391. The highest BCUT2D eigenvalue weighted by atomic mass is 32.2. The maximum atomic E-state index is 12.9. The number of aldehydes is 1. The fourth-order valence-electron chi connectivity index (χ4n) is 3.64. The Morgan fingerprint density at radius 3 is 2.64 bits per heavy atom. The molecule has 6 N–H and O–H groups in total. The minimum atomic E-state index is -1.57. The van der Waals surface area contributed by atoms with E-state index in [2.05, 4.69) is 10.6 Å². The second kappa shape index (κ2) is 10.3. The number of fused-ring (bicyclic) bond motifs is 1. The van der Waals surface area contributed by atoms with Gasteiger partial charge in [0.05, 0.1) is 10.9 Å². The fourth-order valence-corrected chi connectivity index (χ4v) is 4.86. The SMILES string of the molecule is CC(C)(CCNC(=O)C(N)CC=O)Nc1ccc2c(c1)CN(S(=O)c1ccc(O)cc1O)C2. The van der Waals surface area contributed by atoms with Crippen LogP contribution in [0.5, 0.6) is 11.5 Å². The number of carbonyl (C=O) groups excluding carboxylic acids is 2. The molecule has 9 nitrogen and oxygen atoms in total. The van der Waals surface area contributed by atoms with Gasteiger partial charge in [-0.25, -0.2) is 8.51 Å². The standard InChI is InChI=1S/C23H30N4O5S/c1-23(2,8-9-25-22(31)19(24)7-10-28)26-17-4-3-15-13-27(14-16(15)11-17)33(32)21-6-5-18(29)12-20(21)30/h3-6,10-12,19,26,29-30H,7-9,13-14,24H2,1-2H3,(H,25,31). The topological polar surface area (TPSA) is 145 Å². The molecular weight excluding hydrogens is 444 g/mol. The Morgan fingerprint density at radius 2 is 1.94 bits per heavy atom. The van der Waals surface area contributed by atoms with Crippen LogP contribution >= 0.6 is 0 Å². The van der Waals surface area contributed by atoms with Crippen LogP contribution in [0.15, 0.2) is 41.3 Å².